The van der Waals surface area contributed by atoms with Crippen molar-refractivity contribution < 1.29 is 13.2 Å². The fraction of sp³-hybridized carbons (Fsp3) is 0.308. The fourth-order valence-electron chi connectivity index (χ4n) is 1.74. The van der Waals surface area contributed by atoms with Gasteiger partial charge in [-0.15, -0.1) is 0 Å². The summed E-state index contributed by atoms with van der Waals surface area (Å²) in [5.74, 6) is 0. The van der Waals surface area contributed by atoms with Crippen molar-refractivity contribution in [2.45, 2.75) is 25.6 Å². The number of alkyl halides is 3. The molecule has 0 spiro atoms. The first-order valence-corrected chi connectivity index (χ1v) is 5.89. The summed E-state index contributed by atoms with van der Waals surface area (Å²) in [4.78, 5) is 0. The number of nitrogens with zero attached hydrogens (tertiary/aromatic N) is 2. The van der Waals surface area contributed by atoms with Gasteiger partial charge >= 0.3 is 6.18 Å². The highest BCUT2D eigenvalue weighted by molar-refractivity contribution is 5.37. The third kappa shape index (κ3) is 2.96. The van der Waals surface area contributed by atoms with E-state index in [2.05, 4.69) is 5.10 Å². The average Bonchev–Trinajstić information content (AvgIpc) is 2.87. The zero-order valence-corrected chi connectivity index (χ0v) is 10.4. The van der Waals surface area contributed by atoms with Crippen LogP contribution in [-0.4, -0.2) is 9.78 Å². The second kappa shape index (κ2) is 5.05. The van der Waals surface area contributed by atoms with Crippen LogP contribution in [0.4, 0.5) is 13.2 Å². The second-order valence-corrected chi connectivity index (χ2v) is 4.28. The minimum atomic E-state index is -4.38. The average molecular weight is 269 g/mol. The molecule has 1 heterocycles. The van der Waals surface area contributed by atoms with Gasteiger partial charge in [-0.05, 0) is 24.1 Å². The van der Waals surface area contributed by atoms with Crippen molar-refractivity contribution in [2.75, 3.05) is 0 Å². The molecule has 0 bridgehead atoms. The summed E-state index contributed by atoms with van der Waals surface area (Å²) in [5, 5.41) is 3.74. The Labute approximate surface area is 108 Å². The lowest BCUT2D eigenvalue weighted by molar-refractivity contribution is -0.137. The molecule has 0 aliphatic carbocycles. The molecule has 2 N–H and O–H groups in total. The molecule has 0 aliphatic heterocycles. The smallest absolute Gasteiger partial charge is 0.324 e. The molecular weight excluding hydrogens is 255 g/mol. The Balaban J connectivity index is 2.34. The van der Waals surface area contributed by atoms with E-state index in [9.17, 15) is 13.2 Å². The second-order valence-electron chi connectivity index (χ2n) is 4.28. The summed E-state index contributed by atoms with van der Waals surface area (Å²) in [6.07, 6.45) is -1.84. The van der Waals surface area contributed by atoms with Crippen LogP contribution in [-0.2, 0) is 6.18 Å². The van der Waals surface area contributed by atoms with E-state index < -0.39 is 11.7 Å². The van der Waals surface area contributed by atoms with Gasteiger partial charge in [0.15, 0.2) is 0 Å². The van der Waals surface area contributed by atoms with Gasteiger partial charge in [-0.3, -0.25) is 0 Å². The van der Waals surface area contributed by atoms with Crippen molar-refractivity contribution in [1.82, 2.24) is 9.78 Å². The number of hydrogen-bond donors (Lipinski definition) is 1. The van der Waals surface area contributed by atoms with E-state index in [1.54, 1.807) is 18.2 Å². The summed E-state index contributed by atoms with van der Waals surface area (Å²) in [6.45, 7) is 1.95. The highest BCUT2D eigenvalue weighted by Gasteiger charge is 2.32. The van der Waals surface area contributed by atoms with Crippen molar-refractivity contribution in [3.05, 3.63) is 47.8 Å². The molecule has 0 radical (unpaired) electrons. The molecule has 102 valence electrons. The molecule has 2 rings (SSSR count). The highest BCUT2D eigenvalue weighted by atomic mass is 19.4. The van der Waals surface area contributed by atoms with Gasteiger partial charge in [0.05, 0.1) is 17.4 Å². The predicted octanol–water partition coefficient (Wildman–Crippen LogP) is 3.30. The molecule has 0 saturated carbocycles. The maximum Gasteiger partial charge on any atom is 0.419 e. The van der Waals surface area contributed by atoms with E-state index in [1.165, 1.54) is 4.68 Å². The van der Waals surface area contributed by atoms with Crippen LogP contribution in [0.3, 0.4) is 0 Å². The molecule has 2 aromatic rings. The van der Waals surface area contributed by atoms with Gasteiger partial charge in [-0.2, -0.15) is 18.3 Å². The SMILES string of the molecule is CCC(N)c1cccc(-n2cc(C(F)(F)F)cn2)c1. The maximum absolute atomic E-state index is 12.5. The summed E-state index contributed by atoms with van der Waals surface area (Å²) < 4.78 is 38.7. The number of nitrogens with two attached hydrogens (primary N) is 1. The van der Waals surface area contributed by atoms with Crippen LogP contribution in [0, 0.1) is 0 Å². The first-order chi connectivity index (χ1) is 8.91. The van der Waals surface area contributed by atoms with E-state index in [0.29, 0.717) is 5.69 Å². The van der Waals surface area contributed by atoms with Crippen LogP contribution in [0.2, 0.25) is 0 Å². The van der Waals surface area contributed by atoms with Crippen molar-refractivity contribution in [2.24, 2.45) is 5.73 Å². The third-order valence-electron chi connectivity index (χ3n) is 2.91. The van der Waals surface area contributed by atoms with Crippen LogP contribution in [0.25, 0.3) is 5.69 Å². The van der Waals surface area contributed by atoms with Crippen molar-refractivity contribution in [3.63, 3.8) is 0 Å². The summed E-state index contributed by atoms with van der Waals surface area (Å²) in [5.41, 5.74) is 6.59. The molecule has 3 nitrogen and oxygen atoms in total. The molecule has 0 fully saturated rings. The third-order valence-corrected chi connectivity index (χ3v) is 2.91. The highest BCUT2D eigenvalue weighted by Crippen LogP contribution is 2.29. The fourth-order valence-corrected chi connectivity index (χ4v) is 1.74. The molecule has 6 heteroatoms. The quantitative estimate of drug-likeness (QED) is 0.929. The predicted molar refractivity (Wildman–Crippen MR) is 65.8 cm³/mol. The number of aromatic nitrogens is 2. The summed E-state index contributed by atoms with van der Waals surface area (Å²) in [7, 11) is 0. The van der Waals surface area contributed by atoms with E-state index >= 15 is 0 Å². The Bertz CT molecular complexity index is 560. The van der Waals surface area contributed by atoms with Crippen LogP contribution in [0.15, 0.2) is 36.7 Å². The van der Waals surface area contributed by atoms with Gasteiger partial charge in [0.1, 0.15) is 0 Å². The van der Waals surface area contributed by atoms with Crippen LogP contribution < -0.4 is 5.73 Å². The molecule has 1 unspecified atom stereocenters. The Morgan fingerprint density at radius 1 is 1.37 bits per heavy atom. The van der Waals surface area contributed by atoms with Gasteiger partial charge in [0, 0.05) is 12.2 Å². The zero-order chi connectivity index (χ0) is 14.0. The van der Waals surface area contributed by atoms with Crippen LogP contribution in [0.1, 0.15) is 30.5 Å². The summed E-state index contributed by atoms with van der Waals surface area (Å²) in [6, 6.07) is 6.93. The number of benzene rings is 1. The minimum absolute atomic E-state index is 0.127. The lowest BCUT2D eigenvalue weighted by atomic mass is 10.1. The molecule has 0 aliphatic rings. The van der Waals surface area contributed by atoms with Crippen molar-refractivity contribution in [1.29, 1.82) is 0 Å². The standard InChI is InChI=1S/C13H14F3N3/c1-2-12(17)9-4-3-5-11(6-9)19-8-10(7-18-19)13(14,15)16/h3-8,12H,2,17H2,1H3. The van der Waals surface area contributed by atoms with E-state index in [0.717, 1.165) is 24.4 Å². The van der Waals surface area contributed by atoms with E-state index in [1.807, 2.05) is 13.0 Å². The van der Waals surface area contributed by atoms with E-state index in [-0.39, 0.29) is 6.04 Å². The van der Waals surface area contributed by atoms with Crippen LogP contribution in [0.5, 0.6) is 0 Å². The monoisotopic (exact) mass is 269 g/mol. The lowest BCUT2D eigenvalue weighted by Gasteiger charge is -2.10. The number of hydrogen-bond acceptors (Lipinski definition) is 2. The Morgan fingerprint density at radius 3 is 2.68 bits per heavy atom. The lowest BCUT2D eigenvalue weighted by Crippen LogP contribution is -2.09. The molecule has 1 aromatic heterocycles. The number of halogens is 3. The first-order valence-electron chi connectivity index (χ1n) is 5.89. The van der Waals surface area contributed by atoms with Gasteiger partial charge in [-0.25, -0.2) is 4.68 Å². The van der Waals surface area contributed by atoms with Gasteiger partial charge < -0.3 is 5.73 Å². The van der Waals surface area contributed by atoms with Crippen molar-refractivity contribution >= 4 is 0 Å². The maximum atomic E-state index is 12.5. The van der Waals surface area contributed by atoms with Gasteiger partial charge in [0.25, 0.3) is 0 Å². The Hall–Kier alpha value is -1.82. The first kappa shape index (κ1) is 13.6. The minimum Gasteiger partial charge on any atom is -0.324 e. The van der Waals surface area contributed by atoms with Crippen LogP contribution >= 0.6 is 0 Å². The topological polar surface area (TPSA) is 43.8 Å². The van der Waals surface area contributed by atoms with E-state index in [4.69, 9.17) is 5.73 Å². The normalized spacial score (nSPS) is 13.5. The molecule has 0 amide bonds. The molecular formula is C13H14F3N3. The number of rotatable bonds is 3. The van der Waals surface area contributed by atoms with Crippen molar-refractivity contribution in [3.8, 4) is 5.69 Å². The molecule has 19 heavy (non-hydrogen) atoms. The summed E-state index contributed by atoms with van der Waals surface area (Å²) >= 11 is 0. The Morgan fingerprint density at radius 2 is 2.11 bits per heavy atom. The van der Waals surface area contributed by atoms with Gasteiger partial charge in [0.2, 0.25) is 0 Å². The molecule has 1 atom stereocenters. The zero-order valence-electron chi connectivity index (χ0n) is 10.4. The molecule has 1 aromatic carbocycles. The Kier molecular flexibility index (Phi) is 3.61. The molecule has 0 saturated heterocycles. The van der Waals surface area contributed by atoms with Gasteiger partial charge in [-0.1, -0.05) is 19.1 Å². The largest absolute Gasteiger partial charge is 0.419 e.